The molecule has 0 saturated heterocycles. The molecule has 64 valence electrons. The molecule has 0 aliphatic rings. The molecule has 0 heterocycles. The van der Waals surface area contributed by atoms with Crippen molar-refractivity contribution in [3.05, 3.63) is 12.7 Å². The average molecular weight is 155 g/mol. The number of hydrogen-bond acceptors (Lipinski definition) is 1. The zero-order chi connectivity index (χ0) is 8.69. The molecule has 0 rings (SSSR count). The molecule has 1 N–H and O–H groups in total. The second-order valence-corrected chi connectivity index (χ2v) is 2.70. The zero-order valence-corrected chi connectivity index (χ0v) is 7.39. The summed E-state index contributed by atoms with van der Waals surface area (Å²) in [5.41, 5.74) is 0. The normalized spacial score (nSPS) is 12.2. The standard InChI is InChI=1S/C9H17NO/c1-4-6-7-9(11)10-8(3)5-2/h5,8H,2,4,6-7H2,1,3H3,(H,10,11). The Morgan fingerprint density at radius 2 is 2.36 bits per heavy atom. The molecular weight excluding hydrogens is 138 g/mol. The van der Waals surface area contributed by atoms with E-state index in [1.54, 1.807) is 6.08 Å². The van der Waals surface area contributed by atoms with Gasteiger partial charge in [-0.25, -0.2) is 0 Å². The van der Waals surface area contributed by atoms with Crippen LogP contribution in [-0.2, 0) is 4.79 Å². The predicted octanol–water partition coefficient (Wildman–Crippen LogP) is 1.87. The summed E-state index contributed by atoms with van der Waals surface area (Å²) in [6.07, 6.45) is 4.39. The second-order valence-electron chi connectivity index (χ2n) is 2.70. The minimum absolute atomic E-state index is 0.0966. The SMILES string of the molecule is C=CC(C)NC(=O)CCCC. The minimum Gasteiger partial charge on any atom is -0.350 e. The molecule has 0 aromatic carbocycles. The average Bonchev–Trinajstić information content (AvgIpc) is 2.00. The molecular formula is C9H17NO. The smallest absolute Gasteiger partial charge is 0.220 e. The van der Waals surface area contributed by atoms with Crippen LogP contribution in [0.3, 0.4) is 0 Å². The molecule has 0 spiro atoms. The Hall–Kier alpha value is -0.790. The molecule has 2 nitrogen and oxygen atoms in total. The number of amides is 1. The summed E-state index contributed by atoms with van der Waals surface area (Å²) < 4.78 is 0. The molecule has 0 bridgehead atoms. The molecule has 0 aromatic rings. The van der Waals surface area contributed by atoms with Gasteiger partial charge >= 0.3 is 0 Å². The van der Waals surface area contributed by atoms with Crippen LogP contribution in [0.1, 0.15) is 33.1 Å². The van der Waals surface area contributed by atoms with Crippen molar-refractivity contribution in [2.24, 2.45) is 0 Å². The van der Waals surface area contributed by atoms with Gasteiger partial charge in [0.25, 0.3) is 0 Å². The highest BCUT2D eigenvalue weighted by Gasteiger charge is 2.01. The summed E-state index contributed by atoms with van der Waals surface area (Å²) >= 11 is 0. The van der Waals surface area contributed by atoms with Gasteiger partial charge in [0, 0.05) is 12.5 Å². The van der Waals surface area contributed by atoms with Crippen LogP contribution in [0.5, 0.6) is 0 Å². The fraction of sp³-hybridized carbons (Fsp3) is 0.667. The van der Waals surface area contributed by atoms with Gasteiger partial charge in [-0.3, -0.25) is 4.79 Å². The highest BCUT2D eigenvalue weighted by molar-refractivity contribution is 5.76. The van der Waals surface area contributed by atoms with Crippen LogP contribution in [0.15, 0.2) is 12.7 Å². The molecule has 11 heavy (non-hydrogen) atoms. The molecule has 0 aliphatic heterocycles. The van der Waals surface area contributed by atoms with Crippen molar-refractivity contribution in [1.82, 2.24) is 5.32 Å². The van der Waals surface area contributed by atoms with E-state index in [2.05, 4.69) is 18.8 Å². The highest BCUT2D eigenvalue weighted by Crippen LogP contribution is 1.94. The number of nitrogens with one attached hydrogen (secondary N) is 1. The van der Waals surface area contributed by atoms with Crippen LogP contribution < -0.4 is 5.32 Å². The fourth-order valence-electron chi connectivity index (χ4n) is 0.722. The molecule has 0 aromatic heterocycles. The molecule has 1 amide bonds. The Morgan fingerprint density at radius 3 is 2.82 bits per heavy atom. The van der Waals surface area contributed by atoms with E-state index in [-0.39, 0.29) is 11.9 Å². The van der Waals surface area contributed by atoms with Crippen LogP contribution >= 0.6 is 0 Å². The van der Waals surface area contributed by atoms with Gasteiger partial charge in [-0.15, -0.1) is 6.58 Å². The lowest BCUT2D eigenvalue weighted by molar-refractivity contribution is -0.121. The van der Waals surface area contributed by atoms with Crippen LogP contribution in [0.2, 0.25) is 0 Å². The van der Waals surface area contributed by atoms with Crippen molar-refractivity contribution in [2.75, 3.05) is 0 Å². The van der Waals surface area contributed by atoms with Crippen LogP contribution in [0.25, 0.3) is 0 Å². The van der Waals surface area contributed by atoms with Crippen LogP contribution in [0.4, 0.5) is 0 Å². The summed E-state index contributed by atoms with van der Waals surface area (Å²) in [6.45, 7) is 7.57. The summed E-state index contributed by atoms with van der Waals surface area (Å²) in [5, 5.41) is 2.81. The number of unbranched alkanes of at least 4 members (excludes halogenated alkanes) is 1. The molecule has 1 atom stereocenters. The summed E-state index contributed by atoms with van der Waals surface area (Å²) in [4.78, 5) is 11.0. The van der Waals surface area contributed by atoms with E-state index in [4.69, 9.17) is 0 Å². The largest absolute Gasteiger partial charge is 0.350 e. The summed E-state index contributed by atoms with van der Waals surface area (Å²) in [5.74, 6) is 0.124. The van der Waals surface area contributed by atoms with E-state index in [9.17, 15) is 4.79 Å². The van der Waals surface area contributed by atoms with E-state index < -0.39 is 0 Å². The predicted molar refractivity (Wildman–Crippen MR) is 47.3 cm³/mol. The topological polar surface area (TPSA) is 29.1 Å². The Labute approximate surface area is 68.7 Å². The van der Waals surface area contributed by atoms with Gasteiger partial charge < -0.3 is 5.32 Å². The number of carbonyl (C=O) groups is 1. The maximum Gasteiger partial charge on any atom is 0.220 e. The van der Waals surface area contributed by atoms with E-state index in [0.29, 0.717) is 6.42 Å². The number of hydrogen-bond donors (Lipinski definition) is 1. The van der Waals surface area contributed by atoms with Gasteiger partial charge in [-0.05, 0) is 13.3 Å². The number of carbonyl (C=O) groups excluding carboxylic acids is 1. The van der Waals surface area contributed by atoms with Crippen molar-refractivity contribution < 1.29 is 4.79 Å². The first-order valence-electron chi connectivity index (χ1n) is 4.12. The monoisotopic (exact) mass is 155 g/mol. The van der Waals surface area contributed by atoms with Gasteiger partial charge in [0.1, 0.15) is 0 Å². The zero-order valence-electron chi connectivity index (χ0n) is 7.39. The second kappa shape index (κ2) is 5.96. The Balaban J connectivity index is 3.43. The maximum absolute atomic E-state index is 11.0. The summed E-state index contributed by atoms with van der Waals surface area (Å²) in [6, 6.07) is 0.0966. The molecule has 0 fully saturated rings. The lowest BCUT2D eigenvalue weighted by Gasteiger charge is -2.07. The van der Waals surface area contributed by atoms with Crippen molar-refractivity contribution in [2.45, 2.75) is 39.2 Å². The third-order valence-electron chi connectivity index (χ3n) is 1.50. The Morgan fingerprint density at radius 1 is 1.73 bits per heavy atom. The molecule has 1 unspecified atom stereocenters. The lowest BCUT2D eigenvalue weighted by Crippen LogP contribution is -2.30. The van der Waals surface area contributed by atoms with Gasteiger partial charge in [-0.2, -0.15) is 0 Å². The van der Waals surface area contributed by atoms with Crippen LogP contribution in [0, 0.1) is 0 Å². The number of rotatable bonds is 5. The first-order chi connectivity index (χ1) is 5.20. The first kappa shape index (κ1) is 10.2. The third-order valence-corrected chi connectivity index (χ3v) is 1.50. The molecule has 0 aliphatic carbocycles. The molecule has 0 radical (unpaired) electrons. The Bertz CT molecular complexity index is 132. The maximum atomic E-state index is 11.0. The van der Waals surface area contributed by atoms with Crippen molar-refractivity contribution in [3.63, 3.8) is 0 Å². The van der Waals surface area contributed by atoms with Crippen LogP contribution in [-0.4, -0.2) is 11.9 Å². The quantitative estimate of drug-likeness (QED) is 0.603. The van der Waals surface area contributed by atoms with E-state index in [1.807, 2.05) is 6.92 Å². The highest BCUT2D eigenvalue weighted by atomic mass is 16.1. The van der Waals surface area contributed by atoms with Crippen molar-refractivity contribution in [1.29, 1.82) is 0 Å². The van der Waals surface area contributed by atoms with Crippen molar-refractivity contribution >= 4 is 5.91 Å². The Kier molecular flexibility index (Phi) is 5.53. The molecule has 2 heteroatoms. The van der Waals surface area contributed by atoms with E-state index in [0.717, 1.165) is 12.8 Å². The van der Waals surface area contributed by atoms with Gasteiger partial charge in [0.2, 0.25) is 5.91 Å². The van der Waals surface area contributed by atoms with Gasteiger partial charge in [0.05, 0.1) is 0 Å². The van der Waals surface area contributed by atoms with E-state index in [1.165, 1.54) is 0 Å². The molecule has 0 saturated carbocycles. The summed E-state index contributed by atoms with van der Waals surface area (Å²) in [7, 11) is 0. The van der Waals surface area contributed by atoms with Crippen molar-refractivity contribution in [3.8, 4) is 0 Å². The lowest BCUT2D eigenvalue weighted by atomic mass is 10.2. The minimum atomic E-state index is 0.0966. The van der Waals surface area contributed by atoms with E-state index >= 15 is 0 Å². The fourth-order valence-corrected chi connectivity index (χ4v) is 0.722. The first-order valence-corrected chi connectivity index (χ1v) is 4.12. The van der Waals surface area contributed by atoms with Gasteiger partial charge in [0.15, 0.2) is 0 Å². The third kappa shape index (κ3) is 5.64. The van der Waals surface area contributed by atoms with Gasteiger partial charge in [-0.1, -0.05) is 19.4 Å².